The first-order valence-corrected chi connectivity index (χ1v) is 5.09. The second-order valence-corrected chi connectivity index (χ2v) is 4.27. The van der Waals surface area contributed by atoms with Gasteiger partial charge in [-0.3, -0.25) is 4.79 Å². The predicted octanol–water partition coefficient (Wildman–Crippen LogP) is 1.08. The van der Waals surface area contributed by atoms with Crippen LogP contribution in [0, 0.1) is 5.92 Å². The third-order valence-electron chi connectivity index (χ3n) is 3.48. The number of hydrogen-bond donors (Lipinski definition) is 1. The van der Waals surface area contributed by atoms with Crippen LogP contribution in [0.4, 0.5) is 0 Å². The van der Waals surface area contributed by atoms with E-state index in [4.69, 9.17) is 4.74 Å². The first-order valence-electron chi connectivity index (χ1n) is 5.09. The van der Waals surface area contributed by atoms with Gasteiger partial charge in [0.2, 0.25) is 0 Å². The Balaban J connectivity index is 1.96. The second-order valence-electron chi connectivity index (χ2n) is 4.27. The number of rotatable bonds is 1. The minimum absolute atomic E-state index is 0.0226. The summed E-state index contributed by atoms with van der Waals surface area (Å²) in [7, 11) is 1.48. The van der Waals surface area contributed by atoms with Gasteiger partial charge < -0.3 is 10.1 Å². The molecular weight excluding hydrogens is 166 g/mol. The van der Waals surface area contributed by atoms with Crippen molar-refractivity contribution in [2.24, 2.45) is 5.92 Å². The van der Waals surface area contributed by atoms with Gasteiger partial charge in [-0.2, -0.15) is 0 Å². The molecular formula is C10H17NO2. The molecule has 0 radical (unpaired) electrons. The number of methoxy groups -OCH3 is 1. The molecule has 1 saturated carbocycles. The van der Waals surface area contributed by atoms with E-state index in [9.17, 15) is 4.79 Å². The lowest BCUT2D eigenvalue weighted by Crippen LogP contribution is -2.37. The summed E-state index contributed by atoms with van der Waals surface area (Å²) in [6, 6.07) is 0. The van der Waals surface area contributed by atoms with Crippen LogP contribution < -0.4 is 5.32 Å². The quantitative estimate of drug-likeness (QED) is 0.618. The largest absolute Gasteiger partial charge is 0.469 e. The highest BCUT2D eigenvalue weighted by Crippen LogP contribution is 2.40. The molecule has 2 atom stereocenters. The van der Waals surface area contributed by atoms with Crippen molar-refractivity contribution in [3.05, 3.63) is 0 Å². The summed E-state index contributed by atoms with van der Waals surface area (Å²) in [5.41, 5.74) is 0.291. The Morgan fingerprint density at radius 3 is 3.00 bits per heavy atom. The van der Waals surface area contributed by atoms with Gasteiger partial charge in [0.1, 0.15) is 0 Å². The zero-order valence-electron chi connectivity index (χ0n) is 8.14. The molecule has 0 aromatic carbocycles. The van der Waals surface area contributed by atoms with Gasteiger partial charge >= 0.3 is 5.97 Å². The first-order chi connectivity index (χ1) is 6.26. The van der Waals surface area contributed by atoms with E-state index in [1.165, 1.54) is 20.0 Å². The van der Waals surface area contributed by atoms with Gasteiger partial charge in [0, 0.05) is 5.54 Å². The fourth-order valence-electron chi connectivity index (χ4n) is 2.75. The van der Waals surface area contributed by atoms with E-state index in [1.807, 2.05) is 0 Å². The third-order valence-corrected chi connectivity index (χ3v) is 3.48. The van der Waals surface area contributed by atoms with Crippen LogP contribution in [0.15, 0.2) is 0 Å². The molecule has 1 N–H and O–H groups in total. The van der Waals surface area contributed by atoms with Gasteiger partial charge in [0.15, 0.2) is 0 Å². The number of hydrogen-bond acceptors (Lipinski definition) is 3. The van der Waals surface area contributed by atoms with Crippen molar-refractivity contribution in [2.75, 3.05) is 13.7 Å². The summed E-state index contributed by atoms with van der Waals surface area (Å²) in [6.07, 6.45) is 5.63. The molecule has 0 bridgehead atoms. The van der Waals surface area contributed by atoms with E-state index in [-0.39, 0.29) is 11.9 Å². The van der Waals surface area contributed by atoms with Crippen molar-refractivity contribution in [1.29, 1.82) is 0 Å². The number of carbonyl (C=O) groups is 1. The Morgan fingerprint density at radius 2 is 2.38 bits per heavy atom. The minimum atomic E-state index is -0.0226. The van der Waals surface area contributed by atoms with Crippen LogP contribution >= 0.6 is 0 Å². The zero-order chi connectivity index (χ0) is 9.31. The highest BCUT2D eigenvalue weighted by atomic mass is 16.5. The molecule has 0 aromatic heterocycles. The van der Waals surface area contributed by atoms with Crippen LogP contribution in [-0.4, -0.2) is 25.2 Å². The van der Waals surface area contributed by atoms with E-state index >= 15 is 0 Å². The third kappa shape index (κ3) is 1.57. The maximum atomic E-state index is 11.3. The van der Waals surface area contributed by atoms with E-state index in [0.29, 0.717) is 5.54 Å². The lowest BCUT2D eigenvalue weighted by molar-refractivity contribution is -0.145. The fraction of sp³-hybridized carbons (Fsp3) is 0.900. The molecule has 2 unspecified atom stereocenters. The monoisotopic (exact) mass is 183 g/mol. The Kier molecular flexibility index (Phi) is 2.28. The van der Waals surface area contributed by atoms with E-state index in [2.05, 4.69) is 5.32 Å². The minimum Gasteiger partial charge on any atom is -0.469 e. The van der Waals surface area contributed by atoms with E-state index < -0.39 is 0 Å². The molecule has 3 nitrogen and oxygen atoms in total. The van der Waals surface area contributed by atoms with Crippen molar-refractivity contribution >= 4 is 5.97 Å². The highest BCUT2D eigenvalue weighted by Gasteiger charge is 2.43. The summed E-state index contributed by atoms with van der Waals surface area (Å²) in [4.78, 5) is 11.3. The molecule has 0 amide bonds. The van der Waals surface area contributed by atoms with Crippen molar-refractivity contribution in [3.63, 3.8) is 0 Å². The normalized spacial score (nSPS) is 38.4. The SMILES string of the molecule is COC(=O)C1CCC2(CCCN2)C1. The molecule has 1 aliphatic heterocycles. The molecule has 0 aromatic rings. The Bertz CT molecular complexity index is 209. The van der Waals surface area contributed by atoms with Gasteiger partial charge in [0.25, 0.3) is 0 Å². The molecule has 3 heteroatoms. The van der Waals surface area contributed by atoms with Crippen LogP contribution in [-0.2, 0) is 9.53 Å². The van der Waals surface area contributed by atoms with Gasteiger partial charge in [-0.1, -0.05) is 0 Å². The van der Waals surface area contributed by atoms with Crippen LogP contribution in [0.3, 0.4) is 0 Å². The van der Waals surface area contributed by atoms with Gasteiger partial charge in [-0.15, -0.1) is 0 Å². The number of esters is 1. The predicted molar refractivity (Wildman–Crippen MR) is 49.3 cm³/mol. The van der Waals surface area contributed by atoms with Crippen LogP contribution in [0.1, 0.15) is 32.1 Å². The number of ether oxygens (including phenoxy) is 1. The molecule has 2 rings (SSSR count). The zero-order valence-corrected chi connectivity index (χ0v) is 8.14. The van der Waals surface area contributed by atoms with Crippen molar-refractivity contribution < 1.29 is 9.53 Å². The Labute approximate surface area is 78.8 Å². The molecule has 2 aliphatic rings. The standard InChI is InChI=1S/C10H17NO2/c1-13-9(12)8-3-5-10(7-8)4-2-6-11-10/h8,11H,2-7H2,1H3. The van der Waals surface area contributed by atoms with Crippen molar-refractivity contribution in [2.45, 2.75) is 37.6 Å². The van der Waals surface area contributed by atoms with Gasteiger partial charge in [0.05, 0.1) is 13.0 Å². The summed E-state index contributed by atoms with van der Waals surface area (Å²) < 4.78 is 4.77. The lowest BCUT2D eigenvalue weighted by Gasteiger charge is -2.23. The summed E-state index contributed by atoms with van der Waals surface area (Å²) >= 11 is 0. The summed E-state index contributed by atoms with van der Waals surface area (Å²) in [5.74, 6) is 0.126. The molecule has 1 spiro atoms. The van der Waals surface area contributed by atoms with E-state index in [1.54, 1.807) is 0 Å². The molecule has 1 heterocycles. The second kappa shape index (κ2) is 3.29. The van der Waals surface area contributed by atoms with Gasteiger partial charge in [-0.25, -0.2) is 0 Å². The van der Waals surface area contributed by atoms with Crippen molar-refractivity contribution in [3.8, 4) is 0 Å². The molecule has 1 aliphatic carbocycles. The Hall–Kier alpha value is -0.570. The molecule has 13 heavy (non-hydrogen) atoms. The van der Waals surface area contributed by atoms with Crippen LogP contribution in [0.25, 0.3) is 0 Å². The summed E-state index contributed by atoms with van der Waals surface area (Å²) in [5, 5.41) is 3.53. The van der Waals surface area contributed by atoms with Gasteiger partial charge in [-0.05, 0) is 38.6 Å². The van der Waals surface area contributed by atoms with Crippen LogP contribution in [0.5, 0.6) is 0 Å². The lowest BCUT2D eigenvalue weighted by atomic mass is 9.94. The number of nitrogens with one attached hydrogen (secondary N) is 1. The average molecular weight is 183 g/mol. The van der Waals surface area contributed by atoms with E-state index in [0.717, 1.165) is 25.8 Å². The highest BCUT2D eigenvalue weighted by molar-refractivity contribution is 5.72. The average Bonchev–Trinajstić information content (AvgIpc) is 2.76. The molecule has 1 saturated heterocycles. The molecule has 2 fully saturated rings. The molecule has 74 valence electrons. The Morgan fingerprint density at radius 1 is 1.54 bits per heavy atom. The maximum absolute atomic E-state index is 11.3. The number of carbonyl (C=O) groups excluding carboxylic acids is 1. The smallest absolute Gasteiger partial charge is 0.308 e. The fourth-order valence-corrected chi connectivity index (χ4v) is 2.75. The van der Waals surface area contributed by atoms with Crippen molar-refractivity contribution in [1.82, 2.24) is 5.32 Å². The topological polar surface area (TPSA) is 38.3 Å². The summed E-state index contributed by atoms with van der Waals surface area (Å²) in [6.45, 7) is 1.12. The maximum Gasteiger partial charge on any atom is 0.308 e. The van der Waals surface area contributed by atoms with Crippen LogP contribution in [0.2, 0.25) is 0 Å². The first kappa shape index (κ1) is 9.00.